The SMILES string of the molecule is Cc1cc(Nc2ccc(C(F)(F)F)cc2)nc(Nc2ccc(N(C)C)cc2)n1. The first-order valence-corrected chi connectivity index (χ1v) is 8.55. The molecule has 0 spiro atoms. The van der Waals surface area contributed by atoms with Gasteiger partial charge in [-0.2, -0.15) is 18.2 Å². The summed E-state index contributed by atoms with van der Waals surface area (Å²) < 4.78 is 38.0. The molecule has 0 radical (unpaired) electrons. The molecule has 1 aromatic heterocycles. The molecule has 28 heavy (non-hydrogen) atoms. The van der Waals surface area contributed by atoms with Crippen molar-refractivity contribution in [2.24, 2.45) is 0 Å². The van der Waals surface area contributed by atoms with E-state index >= 15 is 0 Å². The maximum Gasteiger partial charge on any atom is 0.416 e. The Balaban J connectivity index is 1.76. The molecule has 1 heterocycles. The van der Waals surface area contributed by atoms with Crippen molar-refractivity contribution in [2.75, 3.05) is 29.6 Å². The smallest absolute Gasteiger partial charge is 0.378 e. The van der Waals surface area contributed by atoms with Crippen LogP contribution in [-0.4, -0.2) is 24.1 Å². The second-order valence-corrected chi connectivity index (χ2v) is 6.48. The lowest BCUT2D eigenvalue weighted by atomic mass is 10.2. The highest BCUT2D eigenvalue weighted by atomic mass is 19.4. The highest BCUT2D eigenvalue weighted by Gasteiger charge is 2.29. The van der Waals surface area contributed by atoms with E-state index in [0.29, 0.717) is 17.5 Å². The normalized spacial score (nSPS) is 11.2. The zero-order chi connectivity index (χ0) is 20.3. The first-order chi connectivity index (χ1) is 13.2. The van der Waals surface area contributed by atoms with Gasteiger partial charge in [0.15, 0.2) is 0 Å². The number of alkyl halides is 3. The molecule has 8 heteroatoms. The summed E-state index contributed by atoms with van der Waals surface area (Å²) in [6, 6.07) is 14.3. The van der Waals surface area contributed by atoms with Crippen LogP contribution < -0.4 is 15.5 Å². The van der Waals surface area contributed by atoms with Gasteiger partial charge in [0.25, 0.3) is 0 Å². The molecular formula is C20H20F3N5. The summed E-state index contributed by atoms with van der Waals surface area (Å²) in [5.74, 6) is 0.881. The van der Waals surface area contributed by atoms with Crippen molar-refractivity contribution >= 4 is 28.8 Å². The molecule has 0 saturated carbocycles. The summed E-state index contributed by atoms with van der Waals surface area (Å²) in [5, 5.41) is 6.15. The molecule has 0 aliphatic rings. The van der Waals surface area contributed by atoms with Crippen LogP contribution in [0.4, 0.5) is 42.0 Å². The van der Waals surface area contributed by atoms with Gasteiger partial charge in [-0.3, -0.25) is 0 Å². The molecule has 3 rings (SSSR count). The fourth-order valence-electron chi connectivity index (χ4n) is 2.55. The monoisotopic (exact) mass is 387 g/mol. The first-order valence-electron chi connectivity index (χ1n) is 8.55. The van der Waals surface area contributed by atoms with E-state index in [9.17, 15) is 13.2 Å². The lowest BCUT2D eigenvalue weighted by Gasteiger charge is -2.14. The lowest BCUT2D eigenvalue weighted by molar-refractivity contribution is -0.137. The van der Waals surface area contributed by atoms with Crippen molar-refractivity contribution in [3.8, 4) is 0 Å². The predicted octanol–water partition coefficient (Wildman–Crippen LogP) is 5.36. The van der Waals surface area contributed by atoms with Gasteiger partial charge in [-0.1, -0.05) is 0 Å². The summed E-state index contributed by atoms with van der Waals surface area (Å²) in [6.07, 6.45) is -4.36. The van der Waals surface area contributed by atoms with Gasteiger partial charge in [-0.15, -0.1) is 0 Å². The van der Waals surface area contributed by atoms with Crippen LogP contribution in [-0.2, 0) is 6.18 Å². The molecule has 0 fully saturated rings. The quantitative estimate of drug-likeness (QED) is 0.618. The number of benzene rings is 2. The van der Waals surface area contributed by atoms with Crippen molar-refractivity contribution in [2.45, 2.75) is 13.1 Å². The number of rotatable bonds is 5. The van der Waals surface area contributed by atoms with Crippen LogP contribution in [0.25, 0.3) is 0 Å². The average Bonchev–Trinajstić information content (AvgIpc) is 2.61. The summed E-state index contributed by atoms with van der Waals surface area (Å²) in [6.45, 7) is 1.82. The van der Waals surface area contributed by atoms with Crippen molar-refractivity contribution in [3.63, 3.8) is 0 Å². The average molecular weight is 387 g/mol. The van der Waals surface area contributed by atoms with Crippen LogP contribution in [0.2, 0.25) is 0 Å². The van der Waals surface area contributed by atoms with Crippen molar-refractivity contribution in [3.05, 3.63) is 65.9 Å². The summed E-state index contributed by atoms with van der Waals surface area (Å²) in [4.78, 5) is 10.7. The Kier molecular flexibility index (Phi) is 5.39. The molecule has 2 aromatic carbocycles. The molecule has 146 valence electrons. The van der Waals surface area contributed by atoms with E-state index in [1.807, 2.05) is 50.2 Å². The van der Waals surface area contributed by atoms with E-state index in [1.54, 1.807) is 6.07 Å². The van der Waals surface area contributed by atoms with Gasteiger partial charge >= 0.3 is 6.18 Å². The van der Waals surface area contributed by atoms with Crippen LogP contribution in [0.3, 0.4) is 0 Å². The van der Waals surface area contributed by atoms with Gasteiger partial charge in [0.1, 0.15) is 5.82 Å². The highest BCUT2D eigenvalue weighted by molar-refractivity contribution is 5.62. The third kappa shape index (κ3) is 4.91. The van der Waals surface area contributed by atoms with E-state index in [2.05, 4.69) is 20.6 Å². The fourth-order valence-corrected chi connectivity index (χ4v) is 2.55. The van der Waals surface area contributed by atoms with Crippen LogP contribution in [0.15, 0.2) is 54.6 Å². The molecule has 0 atom stereocenters. The zero-order valence-corrected chi connectivity index (χ0v) is 15.7. The highest BCUT2D eigenvalue weighted by Crippen LogP contribution is 2.30. The van der Waals surface area contributed by atoms with Gasteiger partial charge in [0.2, 0.25) is 5.95 Å². The number of nitrogens with zero attached hydrogens (tertiary/aromatic N) is 3. The molecular weight excluding hydrogens is 367 g/mol. The Bertz CT molecular complexity index is 936. The largest absolute Gasteiger partial charge is 0.416 e. The minimum atomic E-state index is -4.36. The number of aromatic nitrogens is 2. The standard InChI is InChI=1S/C20H20F3N5/c1-13-12-18(25-15-6-4-14(5-7-15)20(21,22)23)27-19(24-13)26-16-8-10-17(11-9-16)28(2)3/h4-12H,1-3H3,(H2,24,25,26,27). The summed E-state index contributed by atoms with van der Waals surface area (Å²) in [7, 11) is 3.93. The molecule has 2 N–H and O–H groups in total. The zero-order valence-electron chi connectivity index (χ0n) is 15.7. The Hall–Kier alpha value is -3.29. The number of halogens is 3. The minimum absolute atomic E-state index is 0.395. The van der Waals surface area contributed by atoms with E-state index < -0.39 is 11.7 Å². The Morgan fingerprint density at radius 3 is 1.96 bits per heavy atom. The lowest BCUT2D eigenvalue weighted by Crippen LogP contribution is -2.08. The van der Waals surface area contributed by atoms with Crippen LogP contribution in [0.5, 0.6) is 0 Å². The number of hydrogen-bond donors (Lipinski definition) is 2. The number of hydrogen-bond acceptors (Lipinski definition) is 5. The Morgan fingerprint density at radius 1 is 0.821 bits per heavy atom. The van der Waals surface area contributed by atoms with Gasteiger partial charge in [-0.25, -0.2) is 4.98 Å². The molecule has 0 bridgehead atoms. The first kappa shape index (κ1) is 19.5. The topological polar surface area (TPSA) is 53.1 Å². The minimum Gasteiger partial charge on any atom is -0.378 e. The van der Waals surface area contributed by atoms with Crippen molar-refractivity contribution in [1.82, 2.24) is 9.97 Å². The number of anilines is 5. The fraction of sp³-hybridized carbons (Fsp3) is 0.200. The van der Waals surface area contributed by atoms with Crippen molar-refractivity contribution in [1.29, 1.82) is 0 Å². The van der Waals surface area contributed by atoms with Crippen LogP contribution >= 0.6 is 0 Å². The third-order valence-corrected chi connectivity index (χ3v) is 3.98. The Morgan fingerprint density at radius 2 is 1.39 bits per heavy atom. The molecule has 0 aliphatic heterocycles. The summed E-state index contributed by atoms with van der Waals surface area (Å²) in [5.41, 5.74) is 2.43. The maximum atomic E-state index is 12.7. The van der Waals surface area contributed by atoms with Crippen molar-refractivity contribution < 1.29 is 13.2 Å². The maximum absolute atomic E-state index is 12.7. The van der Waals surface area contributed by atoms with Gasteiger partial charge < -0.3 is 15.5 Å². The van der Waals surface area contributed by atoms with Gasteiger partial charge in [-0.05, 0) is 55.5 Å². The predicted molar refractivity (Wildman–Crippen MR) is 106 cm³/mol. The van der Waals surface area contributed by atoms with E-state index in [0.717, 1.165) is 29.2 Å². The summed E-state index contributed by atoms with van der Waals surface area (Å²) >= 11 is 0. The number of nitrogens with one attached hydrogen (secondary N) is 2. The molecule has 0 saturated heterocycles. The third-order valence-electron chi connectivity index (χ3n) is 3.98. The second kappa shape index (κ2) is 7.75. The van der Waals surface area contributed by atoms with E-state index in [-0.39, 0.29) is 0 Å². The van der Waals surface area contributed by atoms with Crippen LogP contribution in [0, 0.1) is 6.92 Å². The Labute approximate surface area is 161 Å². The van der Waals surface area contributed by atoms with Gasteiger partial charge in [0.05, 0.1) is 5.56 Å². The van der Waals surface area contributed by atoms with Gasteiger partial charge in [0, 0.05) is 42.9 Å². The molecule has 0 unspecified atom stereocenters. The van der Waals surface area contributed by atoms with E-state index in [1.165, 1.54) is 12.1 Å². The number of aryl methyl sites for hydroxylation is 1. The van der Waals surface area contributed by atoms with E-state index in [4.69, 9.17) is 0 Å². The molecule has 3 aromatic rings. The molecule has 5 nitrogen and oxygen atoms in total. The molecule has 0 amide bonds. The molecule has 0 aliphatic carbocycles. The second-order valence-electron chi connectivity index (χ2n) is 6.48. The van der Waals surface area contributed by atoms with Crippen LogP contribution in [0.1, 0.15) is 11.3 Å².